The number of carbonyl (C=O) groups is 1. The van der Waals surface area contributed by atoms with Gasteiger partial charge in [-0.3, -0.25) is 4.79 Å². The summed E-state index contributed by atoms with van der Waals surface area (Å²) < 4.78 is 3.75. The number of hydrogen-bond acceptors (Lipinski definition) is 5. The van der Waals surface area contributed by atoms with Gasteiger partial charge in [0.05, 0.1) is 7.05 Å². The van der Waals surface area contributed by atoms with Gasteiger partial charge in [0.2, 0.25) is 11.4 Å². The maximum atomic E-state index is 11.6. The van der Waals surface area contributed by atoms with Crippen molar-refractivity contribution in [2.75, 3.05) is 5.75 Å². The molecule has 0 radical (unpaired) electrons. The molecule has 2 aromatic rings. The molecule has 0 spiro atoms. The van der Waals surface area contributed by atoms with Gasteiger partial charge in [-0.1, -0.05) is 17.0 Å². The molecule has 0 aromatic carbocycles. The number of tetrazole rings is 1. The second-order valence-corrected chi connectivity index (χ2v) is 4.70. The highest BCUT2D eigenvalue weighted by Crippen LogP contribution is 2.06. The van der Waals surface area contributed by atoms with Gasteiger partial charge < -0.3 is 0 Å². The Morgan fingerprint density at radius 1 is 1.65 bits per heavy atom. The average molecular weight is 253 g/mol. The molecule has 17 heavy (non-hydrogen) atoms. The fourth-order valence-corrected chi connectivity index (χ4v) is 2.09. The van der Waals surface area contributed by atoms with E-state index >= 15 is 0 Å². The lowest BCUT2D eigenvalue weighted by Crippen LogP contribution is -2.24. The lowest BCUT2D eigenvalue weighted by Gasteiger charge is -1.96. The monoisotopic (exact) mass is 253 g/mol. The summed E-state index contributed by atoms with van der Waals surface area (Å²) in [6.45, 7) is 0.387. The summed E-state index contributed by atoms with van der Waals surface area (Å²) in [6, 6.07) is 0. The first-order chi connectivity index (χ1) is 8.24. The van der Waals surface area contributed by atoms with E-state index < -0.39 is 0 Å². The summed E-state index contributed by atoms with van der Waals surface area (Å²) in [5.74, 6) is 1.31. The Hall–Kier alpha value is -1.70. The van der Waals surface area contributed by atoms with Crippen LogP contribution in [0.4, 0.5) is 0 Å². The summed E-state index contributed by atoms with van der Waals surface area (Å²) in [4.78, 5) is 11.6. The minimum absolute atomic E-state index is 0.129. The zero-order chi connectivity index (χ0) is 12.1. The van der Waals surface area contributed by atoms with Gasteiger partial charge >= 0.3 is 0 Å². The van der Waals surface area contributed by atoms with E-state index in [9.17, 15) is 4.79 Å². The predicted molar refractivity (Wildman–Crippen MR) is 61.0 cm³/mol. The van der Waals surface area contributed by atoms with Gasteiger partial charge in [0.25, 0.3) is 0 Å². The SMILES string of the molecule is C[n+]1ccn(CC(=O)SCCc2nn[nH]n2)c1. The van der Waals surface area contributed by atoms with Crippen LogP contribution in [0, 0.1) is 0 Å². The van der Waals surface area contributed by atoms with Crippen molar-refractivity contribution in [2.24, 2.45) is 7.05 Å². The van der Waals surface area contributed by atoms with Crippen molar-refractivity contribution in [1.29, 1.82) is 0 Å². The van der Waals surface area contributed by atoms with Crippen LogP contribution in [0.25, 0.3) is 0 Å². The lowest BCUT2D eigenvalue weighted by molar-refractivity contribution is -0.671. The van der Waals surface area contributed by atoms with Crippen molar-refractivity contribution in [3.8, 4) is 0 Å². The van der Waals surface area contributed by atoms with Crippen molar-refractivity contribution < 1.29 is 9.36 Å². The number of imidazole rings is 1. The van der Waals surface area contributed by atoms with Gasteiger partial charge in [0.15, 0.2) is 12.4 Å². The second kappa shape index (κ2) is 5.58. The molecule has 8 heteroatoms. The minimum atomic E-state index is 0.129. The molecule has 0 saturated carbocycles. The number of nitrogens with zero attached hydrogens (tertiary/aromatic N) is 5. The molecule has 2 heterocycles. The van der Waals surface area contributed by atoms with Crippen LogP contribution in [-0.4, -0.2) is 36.1 Å². The molecule has 7 nitrogen and oxygen atoms in total. The van der Waals surface area contributed by atoms with E-state index in [1.165, 1.54) is 11.8 Å². The van der Waals surface area contributed by atoms with E-state index in [2.05, 4.69) is 20.6 Å². The Balaban J connectivity index is 1.71. The number of thioether (sulfide) groups is 1. The topological polar surface area (TPSA) is 80.3 Å². The Kier molecular flexibility index (Phi) is 3.86. The van der Waals surface area contributed by atoms with Crippen LogP contribution in [0.3, 0.4) is 0 Å². The van der Waals surface area contributed by atoms with Gasteiger partial charge in [-0.2, -0.15) is 5.21 Å². The number of nitrogens with one attached hydrogen (secondary N) is 1. The smallest absolute Gasteiger partial charge is 0.243 e. The Bertz CT molecular complexity index is 479. The second-order valence-electron chi connectivity index (χ2n) is 3.55. The first kappa shape index (κ1) is 11.8. The van der Waals surface area contributed by atoms with Crippen LogP contribution in [0.1, 0.15) is 5.82 Å². The fourth-order valence-electron chi connectivity index (χ4n) is 1.33. The van der Waals surface area contributed by atoms with Crippen molar-refractivity contribution in [1.82, 2.24) is 25.2 Å². The molecule has 0 unspecified atom stereocenters. The van der Waals surface area contributed by atoms with Crippen LogP contribution in [-0.2, 0) is 24.8 Å². The molecular formula is C9H13N6OS+. The van der Waals surface area contributed by atoms with Crippen LogP contribution >= 0.6 is 11.8 Å². The summed E-state index contributed by atoms with van der Waals surface area (Å²) >= 11 is 1.29. The molecular weight excluding hydrogens is 240 g/mol. The van der Waals surface area contributed by atoms with Gasteiger partial charge in [-0.25, -0.2) is 9.13 Å². The zero-order valence-electron chi connectivity index (χ0n) is 9.41. The van der Waals surface area contributed by atoms with E-state index in [-0.39, 0.29) is 5.12 Å². The van der Waals surface area contributed by atoms with E-state index in [1.54, 1.807) is 0 Å². The fraction of sp³-hybridized carbons (Fsp3) is 0.444. The molecule has 0 fully saturated rings. The van der Waals surface area contributed by atoms with Crippen molar-refractivity contribution in [3.63, 3.8) is 0 Å². The Morgan fingerprint density at radius 2 is 2.53 bits per heavy atom. The predicted octanol–water partition coefficient (Wildman–Crippen LogP) is -0.672. The van der Waals surface area contributed by atoms with Crippen molar-refractivity contribution >= 4 is 16.9 Å². The Morgan fingerprint density at radius 3 is 3.18 bits per heavy atom. The summed E-state index contributed by atoms with van der Waals surface area (Å²) in [5, 5.41) is 13.6. The highest BCUT2D eigenvalue weighted by molar-refractivity contribution is 8.13. The molecule has 2 aromatic heterocycles. The highest BCUT2D eigenvalue weighted by Gasteiger charge is 2.09. The third kappa shape index (κ3) is 3.66. The van der Waals surface area contributed by atoms with Gasteiger partial charge in [0.1, 0.15) is 12.4 Å². The molecule has 2 rings (SSSR count). The van der Waals surface area contributed by atoms with Crippen molar-refractivity contribution in [2.45, 2.75) is 13.0 Å². The Labute approximate surface area is 102 Å². The third-order valence-corrected chi connectivity index (χ3v) is 2.97. The number of H-pyrrole nitrogens is 1. The molecule has 0 aliphatic rings. The maximum Gasteiger partial charge on any atom is 0.243 e. The first-order valence-corrected chi connectivity index (χ1v) is 6.11. The van der Waals surface area contributed by atoms with E-state index in [1.807, 2.05) is 34.9 Å². The van der Waals surface area contributed by atoms with Crippen LogP contribution < -0.4 is 4.57 Å². The number of rotatable bonds is 5. The van der Waals surface area contributed by atoms with E-state index in [0.717, 1.165) is 0 Å². The highest BCUT2D eigenvalue weighted by atomic mass is 32.2. The first-order valence-electron chi connectivity index (χ1n) is 5.13. The number of hydrogen-bond donors (Lipinski definition) is 1. The van der Waals surface area contributed by atoms with E-state index in [4.69, 9.17) is 0 Å². The summed E-state index contributed by atoms with van der Waals surface area (Å²) in [5.41, 5.74) is 0. The zero-order valence-corrected chi connectivity index (χ0v) is 10.2. The molecule has 1 N–H and O–H groups in total. The lowest BCUT2D eigenvalue weighted by atomic mass is 10.5. The minimum Gasteiger partial charge on any atom is -0.283 e. The quantitative estimate of drug-likeness (QED) is 0.715. The maximum absolute atomic E-state index is 11.6. The summed E-state index contributed by atoms with van der Waals surface area (Å²) in [7, 11) is 1.92. The van der Waals surface area contributed by atoms with Gasteiger partial charge in [-0.15, -0.1) is 10.2 Å². The molecule has 0 aliphatic heterocycles. The van der Waals surface area contributed by atoms with Gasteiger partial charge in [0, 0.05) is 12.2 Å². The number of aromatic amines is 1. The number of aryl methyl sites for hydroxylation is 2. The van der Waals surface area contributed by atoms with Crippen LogP contribution in [0.2, 0.25) is 0 Å². The van der Waals surface area contributed by atoms with Crippen LogP contribution in [0.5, 0.6) is 0 Å². The molecule has 0 aliphatic carbocycles. The normalized spacial score (nSPS) is 10.6. The largest absolute Gasteiger partial charge is 0.283 e. The molecule has 0 amide bonds. The number of aromatic nitrogens is 6. The van der Waals surface area contributed by atoms with Crippen molar-refractivity contribution in [3.05, 3.63) is 24.5 Å². The standard InChI is InChI=1S/C9H13N6OS/c1-14-3-4-15(7-14)6-9(16)17-5-2-8-10-12-13-11-8/h3-4,7H,2,5-6H2,1H3,(H,10,11,12,13)/q+1. The van der Waals surface area contributed by atoms with E-state index in [0.29, 0.717) is 24.5 Å². The van der Waals surface area contributed by atoms with Crippen LogP contribution in [0.15, 0.2) is 18.7 Å². The molecule has 90 valence electrons. The third-order valence-electron chi connectivity index (χ3n) is 2.11. The van der Waals surface area contributed by atoms with Gasteiger partial charge in [-0.05, 0) is 0 Å². The average Bonchev–Trinajstić information content (AvgIpc) is 2.90. The molecule has 0 saturated heterocycles. The molecule has 0 atom stereocenters. The molecule has 0 bridgehead atoms. The summed E-state index contributed by atoms with van der Waals surface area (Å²) in [6.07, 6.45) is 6.29. The number of carbonyl (C=O) groups excluding carboxylic acids is 1.